The van der Waals surface area contributed by atoms with Crippen molar-refractivity contribution in [2.45, 2.75) is 12.8 Å². The van der Waals surface area contributed by atoms with Crippen LogP contribution >= 0.6 is 11.6 Å². The van der Waals surface area contributed by atoms with Crippen molar-refractivity contribution in [1.82, 2.24) is 4.98 Å². The van der Waals surface area contributed by atoms with Gasteiger partial charge in [0.25, 0.3) is 0 Å². The molecule has 1 saturated heterocycles. The molecule has 0 unspecified atom stereocenters. The minimum atomic E-state index is -0.0251. The van der Waals surface area contributed by atoms with Gasteiger partial charge in [0.05, 0.1) is 5.02 Å². The zero-order valence-electron chi connectivity index (χ0n) is 11.0. The topological polar surface area (TPSA) is 75.2 Å². The van der Waals surface area contributed by atoms with Crippen LogP contribution in [0.5, 0.6) is 0 Å². The van der Waals surface area contributed by atoms with Gasteiger partial charge in [-0.1, -0.05) is 11.6 Å². The number of hydrogen-bond acceptors (Lipinski definition) is 4. The average Bonchev–Trinajstić information content (AvgIpc) is 2.40. The van der Waals surface area contributed by atoms with Crippen LogP contribution in [0.15, 0.2) is 12.3 Å². The van der Waals surface area contributed by atoms with Gasteiger partial charge >= 0.3 is 0 Å². The highest BCUT2D eigenvalue weighted by Gasteiger charge is 2.22. The van der Waals surface area contributed by atoms with Gasteiger partial charge in [0.15, 0.2) is 0 Å². The lowest BCUT2D eigenvalue weighted by Gasteiger charge is -2.33. The smallest absolute Gasteiger partial charge is 0.148 e. The molecule has 6 heteroatoms. The van der Waals surface area contributed by atoms with Gasteiger partial charge in [-0.3, -0.25) is 5.41 Å². The van der Waals surface area contributed by atoms with Crippen LogP contribution in [0.3, 0.4) is 0 Å². The second kappa shape index (κ2) is 6.21. The molecule has 0 radical (unpaired) electrons. The Morgan fingerprint density at radius 2 is 2.26 bits per heavy atom. The van der Waals surface area contributed by atoms with Crippen LogP contribution < -0.4 is 10.6 Å². The van der Waals surface area contributed by atoms with Gasteiger partial charge in [-0.25, -0.2) is 4.98 Å². The monoisotopic (exact) mass is 282 g/mol. The Labute approximate surface area is 118 Å². The molecular formula is C13H19ClN4O. The lowest BCUT2D eigenvalue weighted by molar-refractivity contribution is 0.139. The van der Waals surface area contributed by atoms with Crippen LogP contribution in [0.25, 0.3) is 0 Å². The van der Waals surface area contributed by atoms with Gasteiger partial charge in [-0.05, 0) is 24.8 Å². The Balaban J connectivity index is 2.11. The Hall–Kier alpha value is -1.33. The molecular weight excluding hydrogens is 264 g/mol. The Bertz CT molecular complexity index is 458. The maximum absolute atomic E-state index is 7.50. The van der Waals surface area contributed by atoms with Crippen LogP contribution in [0.1, 0.15) is 18.4 Å². The number of nitrogens with two attached hydrogens (primary N) is 1. The number of anilines is 1. The number of halogens is 1. The number of rotatable bonds is 4. The third-order valence-electron chi connectivity index (χ3n) is 3.48. The fourth-order valence-electron chi connectivity index (χ4n) is 2.41. The van der Waals surface area contributed by atoms with Gasteiger partial charge in [-0.15, -0.1) is 0 Å². The summed E-state index contributed by atoms with van der Waals surface area (Å²) in [6, 6.07) is 1.67. The van der Waals surface area contributed by atoms with E-state index in [9.17, 15) is 0 Å². The van der Waals surface area contributed by atoms with Crippen molar-refractivity contribution in [1.29, 1.82) is 5.41 Å². The van der Waals surface area contributed by atoms with Crippen LogP contribution in [-0.2, 0) is 4.74 Å². The minimum absolute atomic E-state index is 0.0251. The van der Waals surface area contributed by atoms with Gasteiger partial charge in [0.1, 0.15) is 11.7 Å². The van der Waals surface area contributed by atoms with Crippen LogP contribution in [0, 0.1) is 11.3 Å². The van der Waals surface area contributed by atoms with Gasteiger partial charge in [0, 0.05) is 38.6 Å². The van der Waals surface area contributed by atoms with Gasteiger partial charge in [-0.2, -0.15) is 0 Å². The number of methoxy groups -OCH3 is 1. The quantitative estimate of drug-likeness (QED) is 0.653. The lowest BCUT2D eigenvalue weighted by Crippen LogP contribution is -2.36. The van der Waals surface area contributed by atoms with Crippen LogP contribution in [0.2, 0.25) is 5.02 Å². The Morgan fingerprint density at radius 3 is 2.84 bits per heavy atom. The van der Waals surface area contributed by atoms with Crippen LogP contribution in [0.4, 0.5) is 5.82 Å². The molecule has 3 N–H and O–H groups in total. The molecule has 0 atom stereocenters. The summed E-state index contributed by atoms with van der Waals surface area (Å²) in [5, 5.41) is 7.98. The number of ether oxygens (including phenoxy) is 1. The molecule has 1 fully saturated rings. The number of nitrogens with one attached hydrogen (secondary N) is 1. The van der Waals surface area contributed by atoms with E-state index in [2.05, 4.69) is 9.88 Å². The zero-order chi connectivity index (χ0) is 13.8. The Kier molecular flexibility index (Phi) is 4.61. The molecule has 0 aliphatic carbocycles. The summed E-state index contributed by atoms with van der Waals surface area (Å²) in [5.41, 5.74) is 6.06. The molecule has 1 aromatic heterocycles. The molecule has 5 nitrogen and oxygen atoms in total. The number of nitrogen functional groups attached to an aromatic ring is 1. The maximum Gasteiger partial charge on any atom is 0.148 e. The number of nitrogens with zero attached hydrogens (tertiary/aromatic N) is 2. The van der Waals surface area contributed by atoms with Crippen molar-refractivity contribution in [2.24, 2.45) is 11.7 Å². The highest BCUT2D eigenvalue weighted by molar-refractivity contribution is 6.36. The molecule has 0 saturated carbocycles. The van der Waals surface area contributed by atoms with Gasteiger partial charge < -0.3 is 15.4 Å². The highest BCUT2D eigenvalue weighted by Crippen LogP contribution is 2.30. The minimum Gasteiger partial charge on any atom is -0.384 e. The van der Waals surface area contributed by atoms with E-state index in [0.29, 0.717) is 16.5 Å². The molecule has 19 heavy (non-hydrogen) atoms. The first kappa shape index (κ1) is 14.1. The van der Waals surface area contributed by atoms with E-state index in [1.54, 1.807) is 19.4 Å². The second-order valence-corrected chi connectivity index (χ2v) is 5.17. The van der Waals surface area contributed by atoms with E-state index >= 15 is 0 Å². The van der Waals surface area contributed by atoms with E-state index in [0.717, 1.165) is 38.4 Å². The lowest BCUT2D eigenvalue weighted by atomic mass is 9.98. The van der Waals surface area contributed by atoms with Crippen molar-refractivity contribution in [3.05, 3.63) is 22.8 Å². The van der Waals surface area contributed by atoms with E-state index in [1.807, 2.05) is 0 Å². The first-order chi connectivity index (χ1) is 9.13. The predicted octanol–water partition coefficient (Wildman–Crippen LogP) is 1.88. The summed E-state index contributed by atoms with van der Waals surface area (Å²) >= 11 is 6.28. The number of piperidine rings is 1. The predicted molar refractivity (Wildman–Crippen MR) is 77.1 cm³/mol. The molecule has 2 rings (SSSR count). The highest BCUT2D eigenvalue weighted by atomic mass is 35.5. The SMILES string of the molecule is COCC1CCN(c2nccc(C(=N)N)c2Cl)CC1. The molecule has 1 aliphatic rings. The first-order valence-electron chi connectivity index (χ1n) is 6.36. The Morgan fingerprint density at radius 1 is 1.58 bits per heavy atom. The van der Waals surface area contributed by atoms with E-state index in [4.69, 9.17) is 27.5 Å². The van der Waals surface area contributed by atoms with Crippen molar-refractivity contribution >= 4 is 23.3 Å². The van der Waals surface area contributed by atoms with Crippen molar-refractivity contribution in [2.75, 3.05) is 31.7 Å². The third kappa shape index (κ3) is 3.16. The molecule has 0 spiro atoms. The molecule has 0 bridgehead atoms. The largest absolute Gasteiger partial charge is 0.384 e. The fraction of sp³-hybridized carbons (Fsp3) is 0.538. The second-order valence-electron chi connectivity index (χ2n) is 4.80. The van der Waals surface area contributed by atoms with E-state index < -0.39 is 0 Å². The molecule has 0 amide bonds. The number of aromatic nitrogens is 1. The van der Waals surface area contributed by atoms with E-state index in [1.165, 1.54) is 0 Å². The molecule has 0 aromatic carbocycles. The molecule has 104 valence electrons. The summed E-state index contributed by atoms with van der Waals surface area (Å²) in [7, 11) is 1.74. The average molecular weight is 283 g/mol. The molecule has 1 aliphatic heterocycles. The summed E-state index contributed by atoms with van der Waals surface area (Å²) in [6.45, 7) is 2.62. The van der Waals surface area contributed by atoms with Crippen molar-refractivity contribution < 1.29 is 4.74 Å². The fourth-order valence-corrected chi connectivity index (χ4v) is 2.74. The van der Waals surface area contributed by atoms with Crippen LogP contribution in [-0.4, -0.2) is 37.6 Å². The summed E-state index contributed by atoms with van der Waals surface area (Å²) in [4.78, 5) is 6.48. The normalized spacial score (nSPS) is 16.6. The summed E-state index contributed by atoms with van der Waals surface area (Å²) in [6.07, 6.45) is 3.78. The standard InChI is InChI=1S/C13H19ClN4O/c1-19-8-9-3-6-18(7-4-9)13-11(14)10(12(15)16)2-5-17-13/h2,5,9H,3-4,6-8H2,1H3,(H3,15,16). The van der Waals surface area contributed by atoms with Gasteiger partial charge in [0.2, 0.25) is 0 Å². The zero-order valence-corrected chi connectivity index (χ0v) is 11.8. The first-order valence-corrected chi connectivity index (χ1v) is 6.74. The van der Waals surface area contributed by atoms with E-state index in [-0.39, 0.29) is 5.84 Å². The summed E-state index contributed by atoms with van der Waals surface area (Å²) < 4.78 is 5.19. The number of amidine groups is 1. The number of hydrogen-bond donors (Lipinski definition) is 2. The maximum atomic E-state index is 7.50. The molecule has 2 heterocycles. The van der Waals surface area contributed by atoms with Crippen molar-refractivity contribution in [3.63, 3.8) is 0 Å². The molecule has 1 aromatic rings. The van der Waals surface area contributed by atoms with Crippen molar-refractivity contribution in [3.8, 4) is 0 Å². The summed E-state index contributed by atoms with van der Waals surface area (Å²) in [5.74, 6) is 1.31. The third-order valence-corrected chi connectivity index (χ3v) is 3.85. The number of pyridine rings is 1.